The van der Waals surface area contributed by atoms with Crippen LogP contribution in [0.4, 0.5) is 10.5 Å². The Labute approximate surface area is 98.1 Å². The van der Waals surface area contributed by atoms with Crippen LogP contribution in [0.25, 0.3) is 11.3 Å². The summed E-state index contributed by atoms with van der Waals surface area (Å²) in [5, 5.41) is 2.77. The lowest BCUT2D eigenvalue weighted by Gasteiger charge is -2.14. The van der Waals surface area contributed by atoms with E-state index in [1.54, 1.807) is 11.1 Å². The largest absolute Gasteiger partial charge is 0.444 e. The molecule has 2 aromatic rings. The summed E-state index contributed by atoms with van der Waals surface area (Å²) in [6.45, 7) is 1.41. The van der Waals surface area contributed by atoms with Crippen molar-refractivity contribution in [2.75, 3.05) is 18.0 Å². The number of urea groups is 1. The van der Waals surface area contributed by atoms with Crippen molar-refractivity contribution in [1.82, 2.24) is 10.3 Å². The van der Waals surface area contributed by atoms with Gasteiger partial charge in [0.1, 0.15) is 0 Å². The number of amides is 2. The van der Waals surface area contributed by atoms with Crippen molar-refractivity contribution in [1.29, 1.82) is 0 Å². The zero-order valence-corrected chi connectivity index (χ0v) is 9.09. The molecule has 1 N–H and O–H groups in total. The van der Waals surface area contributed by atoms with Crippen molar-refractivity contribution < 1.29 is 9.21 Å². The van der Waals surface area contributed by atoms with Crippen molar-refractivity contribution in [3.63, 3.8) is 0 Å². The van der Waals surface area contributed by atoms with Gasteiger partial charge in [-0.25, -0.2) is 9.78 Å². The normalized spacial score (nSPS) is 15.1. The summed E-state index contributed by atoms with van der Waals surface area (Å²) in [5.74, 6) is 0.724. The third-order valence-electron chi connectivity index (χ3n) is 2.75. The summed E-state index contributed by atoms with van der Waals surface area (Å²) in [5.41, 5.74) is 1.84. The third-order valence-corrected chi connectivity index (χ3v) is 2.75. The number of rotatable bonds is 2. The number of aromatic nitrogens is 1. The van der Waals surface area contributed by atoms with Gasteiger partial charge in [0.15, 0.2) is 12.2 Å². The molecule has 0 spiro atoms. The fourth-order valence-corrected chi connectivity index (χ4v) is 1.88. The zero-order valence-electron chi connectivity index (χ0n) is 9.09. The molecule has 0 bridgehead atoms. The van der Waals surface area contributed by atoms with Crippen LogP contribution in [-0.2, 0) is 0 Å². The van der Waals surface area contributed by atoms with Crippen LogP contribution in [0.3, 0.4) is 0 Å². The molecule has 2 amide bonds. The molecule has 1 aromatic carbocycles. The molecule has 1 aliphatic heterocycles. The topological polar surface area (TPSA) is 58.4 Å². The van der Waals surface area contributed by atoms with Gasteiger partial charge in [0.2, 0.25) is 0 Å². The molecule has 17 heavy (non-hydrogen) atoms. The van der Waals surface area contributed by atoms with Gasteiger partial charge in [0.05, 0.1) is 6.20 Å². The first-order valence-electron chi connectivity index (χ1n) is 5.39. The Bertz CT molecular complexity index is 519. The van der Waals surface area contributed by atoms with E-state index in [0.29, 0.717) is 13.1 Å². The molecule has 1 fully saturated rings. The van der Waals surface area contributed by atoms with E-state index in [-0.39, 0.29) is 6.03 Å². The van der Waals surface area contributed by atoms with Crippen LogP contribution in [-0.4, -0.2) is 24.1 Å². The summed E-state index contributed by atoms with van der Waals surface area (Å²) < 4.78 is 5.20. The number of hydrogen-bond acceptors (Lipinski definition) is 3. The standard InChI is InChI=1S/C12H11N3O2/c16-12-14-5-6-15(12)10-3-1-9(2-4-10)11-7-13-8-17-11/h1-4,7-8H,5-6H2,(H,14,16). The number of nitrogens with one attached hydrogen (secondary N) is 1. The second-order valence-electron chi connectivity index (χ2n) is 3.80. The maximum absolute atomic E-state index is 11.5. The minimum atomic E-state index is -0.0441. The molecule has 1 aliphatic rings. The number of hydrogen-bond donors (Lipinski definition) is 1. The van der Waals surface area contributed by atoms with E-state index in [9.17, 15) is 4.79 Å². The van der Waals surface area contributed by atoms with E-state index in [2.05, 4.69) is 10.3 Å². The van der Waals surface area contributed by atoms with E-state index in [4.69, 9.17) is 4.42 Å². The van der Waals surface area contributed by atoms with E-state index in [1.165, 1.54) is 6.39 Å². The van der Waals surface area contributed by atoms with Crippen LogP contribution in [0.5, 0.6) is 0 Å². The van der Waals surface area contributed by atoms with Crippen molar-refractivity contribution in [3.8, 4) is 11.3 Å². The average Bonchev–Trinajstić information content (AvgIpc) is 3.00. The van der Waals surface area contributed by atoms with Crippen LogP contribution < -0.4 is 10.2 Å². The minimum absolute atomic E-state index is 0.0441. The fraction of sp³-hybridized carbons (Fsp3) is 0.167. The van der Waals surface area contributed by atoms with Gasteiger partial charge in [-0.3, -0.25) is 4.90 Å². The number of oxazole rings is 1. The lowest BCUT2D eigenvalue weighted by Crippen LogP contribution is -2.27. The van der Waals surface area contributed by atoms with E-state index in [0.717, 1.165) is 17.0 Å². The van der Waals surface area contributed by atoms with Crippen molar-refractivity contribution in [3.05, 3.63) is 36.9 Å². The Morgan fingerprint density at radius 1 is 1.29 bits per heavy atom. The Morgan fingerprint density at radius 3 is 2.71 bits per heavy atom. The molecule has 5 heteroatoms. The Balaban J connectivity index is 1.87. The van der Waals surface area contributed by atoms with Crippen LogP contribution in [0.15, 0.2) is 41.3 Å². The first-order chi connectivity index (χ1) is 8.34. The van der Waals surface area contributed by atoms with Crippen LogP contribution in [0.2, 0.25) is 0 Å². The predicted octanol–water partition coefficient (Wildman–Crippen LogP) is 1.87. The lowest BCUT2D eigenvalue weighted by atomic mass is 10.1. The molecule has 0 radical (unpaired) electrons. The van der Waals surface area contributed by atoms with Gasteiger partial charge in [-0.2, -0.15) is 0 Å². The quantitative estimate of drug-likeness (QED) is 0.855. The van der Waals surface area contributed by atoms with E-state index in [1.807, 2.05) is 24.3 Å². The highest BCUT2D eigenvalue weighted by molar-refractivity contribution is 5.94. The third kappa shape index (κ3) is 1.75. The zero-order chi connectivity index (χ0) is 11.7. The average molecular weight is 229 g/mol. The van der Waals surface area contributed by atoms with Crippen LogP contribution >= 0.6 is 0 Å². The molecule has 0 unspecified atom stereocenters. The van der Waals surface area contributed by atoms with Crippen LogP contribution in [0, 0.1) is 0 Å². The minimum Gasteiger partial charge on any atom is -0.444 e. The molecular formula is C12H11N3O2. The molecule has 1 aromatic heterocycles. The highest BCUT2D eigenvalue weighted by Crippen LogP contribution is 2.23. The Morgan fingerprint density at radius 2 is 2.12 bits per heavy atom. The second-order valence-corrected chi connectivity index (χ2v) is 3.80. The Kier molecular flexibility index (Phi) is 2.29. The molecule has 0 atom stereocenters. The van der Waals surface area contributed by atoms with Gasteiger partial charge < -0.3 is 9.73 Å². The van der Waals surface area contributed by atoms with Crippen molar-refractivity contribution in [2.45, 2.75) is 0 Å². The number of nitrogens with zero attached hydrogens (tertiary/aromatic N) is 2. The van der Waals surface area contributed by atoms with Gasteiger partial charge in [0.25, 0.3) is 0 Å². The van der Waals surface area contributed by atoms with Crippen molar-refractivity contribution >= 4 is 11.7 Å². The molecule has 2 heterocycles. The van der Waals surface area contributed by atoms with Crippen molar-refractivity contribution in [2.24, 2.45) is 0 Å². The maximum atomic E-state index is 11.5. The van der Waals surface area contributed by atoms with Gasteiger partial charge in [-0.1, -0.05) is 0 Å². The molecular weight excluding hydrogens is 218 g/mol. The first kappa shape index (κ1) is 9.89. The molecule has 5 nitrogen and oxygen atoms in total. The number of carbonyl (C=O) groups excluding carboxylic acids is 1. The van der Waals surface area contributed by atoms with Gasteiger partial charge >= 0.3 is 6.03 Å². The maximum Gasteiger partial charge on any atom is 0.321 e. The fourth-order valence-electron chi connectivity index (χ4n) is 1.88. The summed E-state index contributed by atoms with van der Waals surface area (Å²) >= 11 is 0. The monoisotopic (exact) mass is 229 g/mol. The first-order valence-corrected chi connectivity index (χ1v) is 5.39. The van der Waals surface area contributed by atoms with Gasteiger partial charge in [0, 0.05) is 24.3 Å². The predicted molar refractivity (Wildman–Crippen MR) is 62.7 cm³/mol. The number of benzene rings is 1. The molecule has 86 valence electrons. The molecule has 3 rings (SSSR count). The number of carbonyl (C=O) groups is 1. The smallest absolute Gasteiger partial charge is 0.321 e. The summed E-state index contributed by atoms with van der Waals surface area (Å²) in [6, 6.07) is 7.60. The molecule has 1 saturated heterocycles. The second kappa shape index (κ2) is 3.93. The van der Waals surface area contributed by atoms with Crippen LogP contribution in [0.1, 0.15) is 0 Å². The SMILES string of the molecule is O=C1NCCN1c1ccc(-c2cnco2)cc1. The Hall–Kier alpha value is -2.30. The van der Waals surface area contributed by atoms with Gasteiger partial charge in [-0.05, 0) is 24.3 Å². The highest BCUT2D eigenvalue weighted by Gasteiger charge is 2.20. The lowest BCUT2D eigenvalue weighted by molar-refractivity contribution is 0.252. The van der Waals surface area contributed by atoms with E-state index < -0.39 is 0 Å². The number of anilines is 1. The van der Waals surface area contributed by atoms with Gasteiger partial charge in [-0.15, -0.1) is 0 Å². The van der Waals surface area contributed by atoms with E-state index >= 15 is 0 Å². The highest BCUT2D eigenvalue weighted by atomic mass is 16.3. The molecule has 0 saturated carbocycles. The summed E-state index contributed by atoms with van der Waals surface area (Å²) in [4.78, 5) is 17.1. The molecule has 0 aliphatic carbocycles. The summed E-state index contributed by atoms with van der Waals surface area (Å²) in [7, 11) is 0. The summed E-state index contributed by atoms with van der Waals surface area (Å²) in [6.07, 6.45) is 3.06.